The number of nitrogens with zero attached hydrogens (tertiary/aromatic N) is 1. The van der Waals surface area contributed by atoms with Crippen LogP contribution in [0.25, 0.3) is 108 Å². The Balaban J connectivity index is 1.04. The Labute approximate surface area is 380 Å². The van der Waals surface area contributed by atoms with E-state index in [1.807, 2.05) is 11.3 Å². The summed E-state index contributed by atoms with van der Waals surface area (Å²) in [5.41, 5.74) is 14.3. The summed E-state index contributed by atoms with van der Waals surface area (Å²) in [6, 6.07) is 85.8. The summed E-state index contributed by atoms with van der Waals surface area (Å²) in [5.74, 6) is 0. The highest BCUT2D eigenvalue weighted by molar-refractivity contribution is 7.26. The topological polar surface area (TPSA) is 16.4 Å². The van der Waals surface area contributed by atoms with Crippen molar-refractivity contribution >= 4 is 92.1 Å². The molecule has 0 saturated heterocycles. The van der Waals surface area contributed by atoms with Crippen molar-refractivity contribution in [2.75, 3.05) is 4.90 Å². The second-order valence-corrected chi connectivity index (χ2v) is 17.8. The molecule has 2 aromatic heterocycles. The van der Waals surface area contributed by atoms with Crippen molar-refractivity contribution in [3.63, 3.8) is 0 Å². The maximum absolute atomic E-state index is 7.15. The highest BCUT2D eigenvalue weighted by Crippen LogP contribution is 2.51. The smallest absolute Gasteiger partial charge is 0.159 e. The lowest BCUT2D eigenvalue weighted by atomic mass is 9.94. The van der Waals surface area contributed by atoms with Gasteiger partial charge in [0.05, 0.1) is 11.4 Å². The van der Waals surface area contributed by atoms with E-state index < -0.39 is 0 Å². The summed E-state index contributed by atoms with van der Waals surface area (Å²) in [4.78, 5) is 2.43. The van der Waals surface area contributed by atoms with Gasteiger partial charge in [0.25, 0.3) is 0 Å². The van der Waals surface area contributed by atoms with E-state index in [0.717, 1.165) is 55.7 Å². The fraction of sp³-hybridized carbons (Fsp3) is 0. The van der Waals surface area contributed by atoms with E-state index in [2.05, 4.69) is 241 Å². The average Bonchev–Trinajstić information content (AvgIpc) is 3.97. The number of fused-ring (bicyclic) bond motifs is 8. The SMILES string of the molecule is c1ccc(-c2cccc3ccc(-c4ccc(N(c5cccc6c5oc5c(-c7ccccc7)cccc56)c5ccc(-c6ccc7ccccc7c6)c6sc7ccccc7c56)cc4)cc23)cc1. The number of hydrogen-bond donors (Lipinski definition) is 0. The lowest BCUT2D eigenvalue weighted by Crippen LogP contribution is -2.10. The number of rotatable bonds is 7. The van der Waals surface area contributed by atoms with Gasteiger partial charge >= 0.3 is 0 Å². The van der Waals surface area contributed by atoms with Gasteiger partial charge in [-0.25, -0.2) is 0 Å². The molecule has 2 nitrogen and oxygen atoms in total. The molecule has 0 fully saturated rings. The summed E-state index contributed by atoms with van der Waals surface area (Å²) in [6.45, 7) is 0. The van der Waals surface area contributed by atoms with E-state index in [0.29, 0.717) is 0 Å². The molecule has 304 valence electrons. The van der Waals surface area contributed by atoms with Crippen LogP contribution in [-0.2, 0) is 0 Å². The first kappa shape index (κ1) is 37.3. The summed E-state index contributed by atoms with van der Waals surface area (Å²) in [6.07, 6.45) is 0. The van der Waals surface area contributed by atoms with Crippen molar-refractivity contribution in [2.45, 2.75) is 0 Å². The molecule has 0 aliphatic heterocycles. The van der Waals surface area contributed by atoms with Crippen LogP contribution in [0.2, 0.25) is 0 Å². The van der Waals surface area contributed by atoms with Crippen LogP contribution in [0.3, 0.4) is 0 Å². The van der Waals surface area contributed by atoms with E-state index in [-0.39, 0.29) is 0 Å². The van der Waals surface area contributed by atoms with Crippen LogP contribution in [-0.4, -0.2) is 0 Å². The summed E-state index contributed by atoms with van der Waals surface area (Å²) < 4.78 is 9.67. The minimum atomic E-state index is 0.851. The standard InChI is InChI=1S/C62H39NOS/c1-3-15-42(16-4-1)49-22-11-20-44-29-30-46(39-55(44)49)41-32-34-48(35-33-41)63(57-26-13-25-53-52-24-12-23-50(60(52)64-61(53)57)43-17-5-2-6-18-43)56-37-36-51(47-31-28-40-14-7-8-19-45(40)38-47)62-59(56)54-21-9-10-27-58(54)65-62/h1-39H. The van der Waals surface area contributed by atoms with Gasteiger partial charge in [-0.15, -0.1) is 11.3 Å². The molecular formula is C62H39NOS. The van der Waals surface area contributed by atoms with Gasteiger partial charge in [0, 0.05) is 42.2 Å². The first-order chi connectivity index (χ1) is 32.2. The van der Waals surface area contributed by atoms with E-state index in [1.54, 1.807) is 0 Å². The minimum Gasteiger partial charge on any atom is -0.453 e. The molecule has 2 heterocycles. The Morgan fingerprint density at radius 1 is 0.323 bits per heavy atom. The number of para-hydroxylation sites is 2. The van der Waals surface area contributed by atoms with Crippen molar-refractivity contribution in [2.24, 2.45) is 0 Å². The fourth-order valence-corrected chi connectivity index (χ4v) is 11.2. The average molecular weight is 846 g/mol. The minimum absolute atomic E-state index is 0.851. The molecule has 0 bridgehead atoms. The molecule has 0 atom stereocenters. The lowest BCUT2D eigenvalue weighted by Gasteiger charge is -2.27. The highest BCUT2D eigenvalue weighted by Gasteiger charge is 2.25. The maximum Gasteiger partial charge on any atom is 0.159 e. The molecule has 0 saturated carbocycles. The van der Waals surface area contributed by atoms with Crippen LogP contribution in [0, 0.1) is 0 Å². The van der Waals surface area contributed by atoms with Gasteiger partial charge in [-0.2, -0.15) is 0 Å². The summed E-state index contributed by atoms with van der Waals surface area (Å²) >= 11 is 1.87. The van der Waals surface area contributed by atoms with Crippen molar-refractivity contribution in [1.29, 1.82) is 0 Å². The number of anilines is 3. The lowest BCUT2D eigenvalue weighted by molar-refractivity contribution is 0.670. The number of thiophene rings is 1. The van der Waals surface area contributed by atoms with E-state index in [9.17, 15) is 0 Å². The van der Waals surface area contributed by atoms with Crippen molar-refractivity contribution < 1.29 is 4.42 Å². The Bertz CT molecular complexity index is 3940. The largest absolute Gasteiger partial charge is 0.453 e. The molecule has 0 radical (unpaired) electrons. The maximum atomic E-state index is 7.15. The second-order valence-electron chi connectivity index (χ2n) is 16.8. The predicted octanol–water partition coefficient (Wildman–Crippen LogP) is 18.4. The Morgan fingerprint density at radius 2 is 0.938 bits per heavy atom. The zero-order valence-electron chi connectivity index (χ0n) is 35.3. The molecule has 0 aliphatic rings. The van der Waals surface area contributed by atoms with Crippen LogP contribution in [0.4, 0.5) is 17.1 Å². The van der Waals surface area contributed by atoms with Crippen LogP contribution >= 0.6 is 11.3 Å². The molecule has 11 aromatic carbocycles. The highest BCUT2D eigenvalue weighted by atomic mass is 32.1. The molecule has 0 unspecified atom stereocenters. The Morgan fingerprint density at radius 3 is 1.77 bits per heavy atom. The van der Waals surface area contributed by atoms with Crippen LogP contribution < -0.4 is 4.90 Å². The van der Waals surface area contributed by atoms with Crippen LogP contribution in [0.5, 0.6) is 0 Å². The Hall–Kier alpha value is -8.24. The van der Waals surface area contributed by atoms with Gasteiger partial charge in [0.15, 0.2) is 5.58 Å². The molecule has 13 aromatic rings. The molecule has 13 rings (SSSR count). The molecule has 0 N–H and O–H groups in total. The number of hydrogen-bond acceptors (Lipinski definition) is 3. The molecule has 3 heteroatoms. The fourth-order valence-electron chi connectivity index (χ4n) is 9.94. The third-order valence-corrected chi connectivity index (χ3v) is 14.3. The Kier molecular flexibility index (Phi) is 8.75. The van der Waals surface area contributed by atoms with E-state index >= 15 is 0 Å². The van der Waals surface area contributed by atoms with E-state index in [4.69, 9.17) is 4.42 Å². The molecular weight excluding hydrogens is 807 g/mol. The zero-order valence-corrected chi connectivity index (χ0v) is 36.1. The summed E-state index contributed by atoms with van der Waals surface area (Å²) in [5, 5.41) is 9.59. The normalized spacial score (nSPS) is 11.7. The van der Waals surface area contributed by atoms with E-state index in [1.165, 1.54) is 69.5 Å². The third kappa shape index (κ3) is 6.24. The first-order valence-corrected chi connectivity index (χ1v) is 23.0. The van der Waals surface area contributed by atoms with Gasteiger partial charge in [-0.3, -0.25) is 0 Å². The van der Waals surface area contributed by atoms with Gasteiger partial charge in [-0.05, 0) is 103 Å². The van der Waals surface area contributed by atoms with Crippen molar-refractivity contribution in [3.8, 4) is 44.5 Å². The van der Waals surface area contributed by atoms with Gasteiger partial charge in [0.2, 0.25) is 0 Å². The van der Waals surface area contributed by atoms with Gasteiger partial charge in [-0.1, -0.05) is 194 Å². The molecule has 0 spiro atoms. The van der Waals surface area contributed by atoms with Crippen molar-refractivity contribution in [1.82, 2.24) is 0 Å². The third-order valence-electron chi connectivity index (χ3n) is 13.1. The molecule has 65 heavy (non-hydrogen) atoms. The monoisotopic (exact) mass is 845 g/mol. The quantitative estimate of drug-likeness (QED) is 0.159. The molecule has 0 amide bonds. The molecule has 0 aliphatic carbocycles. The zero-order chi connectivity index (χ0) is 42.8. The van der Waals surface area contributed by atoms with Gasteiger partial charge in [0.1, 0.15) is 5.58 Å². The summed E-state index contributed by atoms with van der Waals surface area (Å²) in [7, 11) is 0. The van der Waals surface area contributed by atoms with Crippen LogP contribution in [0.15, 0.2) is 241 Å². The second kappa shape index (κ2) is 15.2. The van der Waals surface area contributed by atoms with Crippen LogP contribution in [0.1, 0.15) is 0 Å². The number of benzene rings is 11. The predicted molar refractivity (Wildman–Crippen MR) is 278 cm³/mol. The van der Waals surface area contributed by atoms with Gasteiger partial charge < -0.3 is 9.32 Å². The number of furan rings is 1. The van der Waals surface area contributed by atoms with Crippen molar-refractivity contribution in [3.05, 3.63) is 237 Å². The first-order valence-electron chi connectivity index (χ1n) is 22.2.